The molecule has 4 heteroatoms. The number of esters is 1. The predicted octanol–water partition coefficient (Wildman–Crippen LogP) is 3.55. The number of benzene rings is 1. The average Bonchev–Trinajstić information content (AvgIpc) is 3.38. The molecule has 0 aliphatic heterocycles. The second-order valence-corrected chi connectivity index (χ2v) is 6.18. The fourth-order valence-corrected chi connectivity index (χ4v) is 3.04. The van der Waals surface area contributed by atoms with E-state index in [0.717, 1.165) is 17.4 Å². The summed E-state index contributed by atoms with van der Waals surface area (Å²) in [6.07, 6.45) is 5.33. The van der Waals surface area contributed by atoms with Crippen molar-refractivity contribution < 1.29 is 19.0 Å². The Balaban J connectivity index is 1.77. The van der Waals surface area contributed by atoms with Crippen LogP contribution >= 0.6 is 0 Å². The van der Waals surface area contributed by atoms with Crippen molar-refractivity contribution in [2.75, 3.05) is 14.2 Å². The van der Waals surface area contributed by atoms with Crippen molar-refractivity contribution in [3.8, 4) is 5.75 Å². The van der Waals surface area contributed by atoms with Crippen molar-refractivity contribution in [2.24, 2.45) is 11.8 Å². The summed E-state index contributed by atoms with van der Waals surface area (Å²) >= 11 is 0. The molecule has 1 aromatic rings. The van der Waals surface area contributed by atoms with Crippen molar-refractivity contribution in [2.45, 2.75) is 32.1 Å². The monoisotopic (exact) mass is 302 g/mol. The van der Waals surface area contributed by atoms with E-state index < -0.39 is 5.97 Å². The number of methoxy groups -OCH3 is 2. The van der Waals surface area contributed by atoms with Gasteiger partial charge in [-0.1, -0.05) is 12.1 Å². The Kier molecular flexibility index (Phi) is 4.10. The number of carbonyl (C=O) groups excluding carboxylic acids is 1. The Hall–Kier alpha value is -1.97. The quantitative estimate of drug-likeness (QED) is 0.458. The van der Waals surface area contributed by atoms with Gasteiger partial charge in [0, 0.05) is 0 Å². The van der Waals surface area contributed by atoms with Gasteiger partial charge < -0.3 is 14.2 Å². The molecule has 118 valence electrons. The standard InChI is InChI=1S/C18H22O4/c1-11-4-5-13(15-9-14(15)12-6-7-12)8-16(11)22-17(10-20-2)18(19)21-3/h4-5,8,10,12,14-15H,6-7,9H2,1-3H3/b17-10-. The number of ether oxygens (including phenoxy) is 3. The highest BCUT2D eigenvalue weighted by Gasteiger charge is 2.48. The third-order valence-corrected chi connectivity index (χ3v) is 4.54. The average molecular weight is 302 g/mol. The lowest BCUT2D eigenvalue weighted by Crippen LogP contribution is -2.11. The Bertz CT molecular complexity index is 601. The molecular formula is C18H22O4. The molecule has 2 unspecified atom stereocenters. The van der Waals surface area contributed by atoms with Crippen LogP contribution in [0, 0.1) is 18.8 Å². The van der Waals surface area contributed by atoms with Gasteiger partial charge in [0.05, 0.1) is 14.2 Å². The highest BCUT2D eigenvalue weighted by atomic mass is 16.6. The molecule has 2 aliphatic rings. The van der Waals surface area contributed by atoms with Crippen LogP contribution in [-0.2, 0) is 14.3 Å². The van der Waals surface area contributed by atoms with E-state index in [4.69, 9.17) is 14.2 Å². The van der Waals surface area contributed by atoms with Crippen LogP contribution in [0.2, 0.25) is 0 Å². The van der Waals surface area contributed by atoms with Crippen LogP contribution in [0.5, 0.6) is 5.75 Å². The fraction of sp³-hybridized carbons (Fsp3) is 0.500. The number of carbonyl (C=O) groups is 1. The van der Waals surface area contributed by atoms with E-state index in [9.17, 15) is 4.79 Å². The molecule has 0 aromatic heterocycles. The zero-order chi connectivity index (χ0) is 15.7. The van der Waals surface area contributed by atoms with Crippen molar-refractivity contribution in [1.82, 2.24) is 0 Å². The van der Waals surface area contributed by atoms with Crippen LogP contribution in [-0.4, -0.2) is 20.2 Å². The number of rotatable bonds is 6. The highest BCUT2D eigenvalue weighted by molar-refractivity contribution is 5.86. The van der Waals surface area contributed by atoms with Gasteiger partial charge in [0.25, 0.3) is 0 Å². The van der Waals surface area contributed by atoms with Crippen LogP contribution in [0.4, 0.5) is 0 Å². The van der Waals surface area contributed by atoms with E-state index in [1.54, 1.807) is 0 Å². The van der Waals surface area contributed by atoms with Crippen molar-refractivity contribution in [3.63, 3.8) is 0 Å². The number of aryl methyl sites for hydroxylation is 1. The maximum Gasteiger partial charge on any atom is 0.377 e. The van der Waals surface area contributed by atoms with Gasteiger partial charge in [-0.05, 0) is 61.1 Å². The molecule has 2 aliphatic carbocycles. The lowest BCUT2D eigenvalue weighted by atomic mass is 10.0. The third-order valence-electron chi connectivity index (χ3n) is 4.54. The predicted molar refractivity (Wildman–Crippen MR) is 82.5 cm³/mol. The molecule has 0 radical (unpaired) electrons. The van der Waals surface area contributed by atoms with Gasteiger partial charge in [0.1, 0.15) is 12.0 Å². The fourth-order valence-electron chi connectivity index (χ4n) is 3.04. The number of hydrogen-bond donors (Lipinski definition) is 0. The normalized spacial score (nSPS) is 23.9. The molecule has 0 bridgehead atoms. The first-order valence-electron chi connectivity index (χ1n) is 7.73. The molecule has 2 saturated carbocycles. The molecule has 1 aromatic carbocycles. The minimum absolute atomic E-state index is 0.0554. The van der Waals surface area contributed by atoms with Gasteiger partial charge in [0.2, 0.25) is 5.76 Å². The molecule has 22 heavy (non-hydrogen) atoms. The van der Waals surface area contributed by atoms with E-state index >= 15 is 0 Å². The van der Waals surface area contributed by atoms with Crippen molar-refractivity contribution in [3.05, 3.63) is 41.3 Å². The second kappa shape index (κ2) is 6.03. The first-order chi connectivity index (χ1) is 10.6. The Labute approximate surface area is 131 Å². The largest absolute Gasteiger partial charge is 0.500 e. The van der Waals surface area contributed by atoms with Crippen LogP contribution in [0.25, 0.3) is 0 Å². The summed E-state index contributed by atoms with van der Waals surface area (Å²) in [5, 5.41) is 0. The van der Waals surface area contributed by atoms with E-state index in [1.807, 2.05) is 6.92 Å². The maximum atomic E-state index is 11.7. The minimum atomic E-state index is -0.547. The molecule has 2 atom stereocenters. The third kappa shape index (κ3) is 3.11. The zero-order valence-corrected chi connectivity index (χ0v) is 13.3. The van der Waals surface area contributed by atoms with Gasteiger partial charge in [0.15, 0.2) is 0 Å². The lowest BCUT2D eigenvalue weighted by Gasteiger charge is -2.12. The molecule has 3 rings (SSSR count). The van der Waals surface area contributed by atoms with E-state index in [1.165, 1.54) is 45.3 Å². The first-order valence-corrected chi connectivity index (χ1v) is 7.73. The van der Waals surface area contributed by atoms with E-state index in [2.05, 4.69) is 18.2 Å². The smallest absolute Gasteiger partial charge is 0.377 e. The van der Waals surface area contributed by atoms with Crippen LogP contribution < -0.4 is 4.74 Å². The highest BCUT2D eigenvalue weighted by Crippen LogP contribution is 2.59. The van der Waals surface area contributed by atoms with Crippen LogP contribution in [0.1, 0.15) is 36.3 Å². The Morgan fingerprint density at radius 2 is 2.05 bits per heavy atom. The Morgan fingerprint density at radius 1 is 1.27 bits per heavy atom. The number of hydrogen-bond acceptors (Lipinski definition) is 4. The van der Waals surface area contributed by atoms with Gasteiger partial charge in [-0.3, -0.25) is 0 Å². The van der Waals surface area contributed by atoms with Gasteiger partial charge in [-0.25, -0.2) is 4.79 Å². The molecule has 0 amide bonds. The Morgan fingerprint density at radius 3 is 2.68 bits per heavy atom. The summed E-state index contributed by atoms with van der Waals surface area (Å²) in [4.78, 5) is 11.7. The van der Waals surface area contributed by atoms with Gasteiger partial charge in [-0.2, -0.15) is 0 Å². The summed E-state index contributed by atoms with van der Waals surface area (Å²) in [6, 6.07) is 6.27. The maximum absolute atomic E-state index is 11.7. The van der Waals surface area contributed by atoms with Gasteiger partial charge >= 0.3 is 5.97 Å². The molecule has 2 fully saturated rings. The van der Waals surface area contributed by atoms with Crippen molar-refractivity contribution in [1.29, 1.82) is 0 Å². The summed E-state index contributed by atoms with van der Waals surface area (Å²) < 4.78 is 15.3. The lowest BCUT2D eigenvalue weighted by molar-refractivity contribution is -0.138. The second-order valence-electron chi connectivity index (χ2n) is 6.18. The van der Waals surface area contributed by atoms with E-state index in [-0.39, 0.29) is 5.76 Å². The van der Waals surface area contributed by atoms with Crippen molar-refractivity contribution >= 4 is 5.97 Å². The summed E-state index contributed by atoms with van der Waals surface area (Å²) in [5.74, 6) is 2.64. The van der Waals surface area contributed by atoms with E-state index in [0.29, 0.717) is 11.7 Å². The molecule has 0 spiro atoms. The molecular weight excluding hydrogens is 280 g/mol. The minimum Gasteiger partial charge on any atom is -0.500 e. The summed E-state index contributed by atoms with van der Waals surface area (Å²) in [5.41, 5.74) is 2.29. The molecule has 0 N–H and O–H groups in total. The topological polar surface area (TPSA) is 44.8 Å². The molecule has 0 heterocycles. The summed E-state index contributed by atoms with van der Waals surface area (Å²) in [6.45, 7) is 1.96. The van der Waals surface area contributed by atoms with Crippen LogP contribution in [0.15, 0.2) is 30.2 Å². The SMILES string of the molecule is CO/C=C(\Oc1cc(C2CC2C2CC2)ccc1C)C(=O)OC. The zero-order valence-electron chi connectivity index (χ0n) is 13.3. The van der Waals surface area contributed by atoms with Gasteiger partial charge in [-0.15, -0.1) is 0 Å². The summed E-state index contributed by atoms with van der Waals surface area (Å²) in [7, 11) is 2.79. The molecule has 0 saturated heterocycles. The first kappa shape index (κ1) is 14.9. The van der Waals surface area contributed by atoms with Crippen LogP contribution in [0.3, 0.4) is 0 Å². The molecule has 4 nitrogen and oxygen atoms in total.